The van der Waals surface area contributed by atoms with E-state index in [2.05, 4.69) is 18.5 Å². The largest absolute Gasteiger partial charge is 0.388 e. The molecule has 0 saturated carbocycles. The van der Waals surface area contributed by atoms with Crippen LogP contribution in [0.4, 0.5) is 0 Å². The van der Waals surface area contributed by atoms with E-state index in [-0.39, 0.29) is 0 Å². The Balaban J connectivity index is 0. The number of rotatable bonds is 4. The van der Waals surface area contributed by atoms with Gasteiger partial charge >= 0.3 is 0 Å². The van der Waals surface area contributed by atoms with Gasteiger partial charge in [0.2, 0.25) is 0 Å². The monoisotopic (exact) mass is 155 g/mol. The maximum Gasteiger partial charge on any atom is 0.124 e. The lowest BCUT2D eigenvalue weighted by atomic mass is 10.2. The van der Waals surface area contributed by atoms with Gasteiger partial charge in [0.05, 0.1) is 0 Å². The number of carbonyl (C=O) groups is 1. The molecule has 11 heavy (non-hydrogen) atoms. The summed E-state index contributed by atoms with van der Waals surface area (Å²) in [5.74, 6) is 0. The molecule has 0 atom stereocenters. The summed E-state index contributed by atoms with van der Waals surface area (Å²) in [7, 11) is 1.75. The van der Waals surface area contributed by atoms with Crippen LogP contribution in [0.2, 0.25) is 0 Å². The second kappa shape index (κ2) is 8.95. The zero-order chi connectivity index (χ0) is 9.28. The van der Waals surface area contributed by atoms with Crippen molar-refractivity contribution in [2.24, 2.45) is 0 Å². The van der Waals surface area contributed by atoms with Crippen LogP contribution in [0.1, 0.15) is 20.3 Å². The average Bonchev–Trinajstić information content (AvgIpc) is 2.07. The Morgan fingerprint density at radius 2 is 1.91 bits per heavy atom. The Labute approximate surface area is 69.0 Å². The average molecular weight is 155 g/mol. The van der Waals surface area contributed by atoms with Crippen LogP contribution in [0.3, 0.4) is 0 Å². The van der Waals surface area contributed by atoms with Crippen molar-refractivity contribution < 1.29 is 4.79 Å². The van der Waals surface area contributed by atoms with Gasteiger partial charge < -0.3 is 10.1 Å². The van der Waals surface area contributed by atoms with E-state index in [0.717, 1.165) is 17.6 Å². The summed E-state index contributed by atoms with van der Waals surface area (Å²) < 4.78 is 0. The third-order valence-electron chi connectivity index (χ3n) is 1.06. The molecular weight excluding hydrogens is 138 g/mol. The van der Waals surface area contributed by atoms with Crippen LogP contribution in [0.5, 0.6) is 0 Å². The number of allylic oxidation sites excluding steroid dienone is 1. The maximum atomic E-state index is 9.91. The predicted octanol–water partition coefficient (Wildman–Crippen LogP) is 1.89. The molecule has 0 amide bonds. The molecule has 0 bridgehead atoms. The normalized spacial score (nSPS) is 7.18. The van der Waals surface area contributed by atoms with Gasteiger partial charge in [-0.1, -0.05) is 27.0 Å². The van der Waals surface area contributed by atoms with Crippen LogP contribution < -0.4 is 5.32 Å². The van der Waals surface area contributed by atoms with E-state index in [4.69, 9.17) is 0 Å². The Bertz CT molecular complexity index is 138. The number of hydrogen-bond donors (Lipinski definition) is 1. The summed E-state index contributed by atoms with van der Waals surface area (Å²) in [4.78, 5) is 9.91. The number of carbonyl (C=O) groups excluding carboxylic acids is 1. The molecule has 0 heterocycles. The second-order valence-corrected chi connectivity index (χ2v) is 1.70. The highest BCUT2D eigenvalue weighted by Gasteiger charge is 1.93. The summed E-state index contributed by atoms with van der Waals surface area (Å²) in [6.07, 6.45) is 1.17. The smallest absolute Gasteiger partial charge is 0.124 e. The van der Waals surface area contributed by atoms with E-state index >= 15 is 0 Å². The third kappa shape index (κ3) is 6.84. The van der Waals surface area contributed by atoms with Crippen molar-refractivity contribution in [3.63, 3.8) is 0 Å². The first kappa shape index (κ1) is 12.6. The van der Waals surface area contributed by atoms with E-state index in [0.29, 0.717) is 6.42 Å². The third-order valence-corrected chi connectivity index (χ3v) is 1.06. The molecule has 0 saturated heterocycles. The van der Waals surface area contributed by atoms with Gasteiger partial charge in [0, 0.05) is 19.2 Å². The summed E-state index contributed by atoms with van der Waals surface area (Å²) in [5.41, 5.74) is 1.47. The van der Waals surface area contributed by atoms with Crippen molar-refractivity contribution in [1.29, 1.82) is 0 Å². The zero-order valence-electron chi connectivity index (χ0n) is 7.61. The van der Waals surface area contributed by atoms with Crippen molar-refractivity contribution in [2.45, 2.75) is 20.3 Å². The fourth-order valence-electron chi connectivity index (χ4n) is 0.401. The van der Waals surface area contributed by atoms with Gasteiger partial charge in [-0.05, 0) is 5.57 Å². The predicted molar refractivity (Wildman–Crippen MR) is 49.4 cm³/mol. The number of hydrogen-bond acceptors (Lipinski definition) is 2. The van der Waals surface area contributed by atoms with Gasteiger partial charge in [-0.15, -0.1) is 0 Å². The second-order valence-electron chi connectivity index (χ2n) is 1.70. The molecule has 2 nitrogen and oxygen atoms in total. The standard InChI is InChI=1S/C7H11NO.C2H6/c1-6(4-5-9)7(2)8-3;1-2/h5,8H,1-2,4H2,3H3;1-2H3. The van der Waals surface area contributed by atoms with Crippen molar-refractivity contribution in [3.05, 3.63) is 24.4 Å². The lowest BCUT2D eigenvalue weighted by Crippen LogP contribution is -2.06. The fraction of sp³-hybridized carbons (Fsp3) is 0.444. The fourth-order valence-corrected chi connectivity index (χ4v) is 0.401. The molecule has 0 fully saturated rings. The minimum absolute atomic E-state index is 0.361. The lowest BCUT2D eigenvalue weighted by Gasteiger charge is -2.02. The first-order chi connectivity index (χ1) is 5.22. The highest BCUT2D eigenvalue weighted by molar-refractivity contribution is 5.56. The van der Waals surface area contributed by atoms with Gasteiger partial charge in [0.25, 0.3) is 0 Å². The zero-order valence-corrected chi connectivity index (χ0v) is 7.61. The summed E-state index contributed by atoms with van der Waals surface area (Å²) in [6, 6.07) is 0. The summed E-state index contributed by atoms with van der Waals surface area (Å²) in [5, 5.41) is 2.80. The maximum absolute atomic E-state index is 9.91. The lowest BCUT2D eigenvalue weighted by molar-refractivity contribution is -0.107. The molecule has 0 aliphatic carbocycles. The van der Waals surface area contributed by atoms with Crippen molar-refractivity contribution in [3.8, 4) is 0 Å². The SMILES string of the molecule is C=C(CC=O)C(=C)NC.CC. The van der Waals surface area contributed by atoms with E-state index in [1.54, 1.807) is 7.05 Å². The molecule has 64 valence electrons. The highest BCUT2D eigenvalue weighted by Crippen LogP contribution is 2.02. The minimum Gasteiger partial charge on any atom is -0.388 e. The molecule has 0 aromatic carbocycles. The van der Waals surface area contributed by atoms with Crippen molar-refractivity contribution >= 4 is 6.29 Å². The molecule has 0 radical (unpaired) electrons. The molecule has 0 aliphatic rings. The molecule has 1 N–H and O–H groups in total. The van der Waals surface area contributed by atoms with E-state index in [9.17, 15) is 4.79 Å². The van der Waals surface area contributed by atoms with E-state index in [1.807, 2.05) is 13.8 Å². The molecule has 0 unspecified atom stereocenters. The van der Waals surface area contributed by atoms with Gasteiger partial charge in [0.1, 0.15) is 6.29 Å². The summed E-state index contributed by atoms with van der Waals surface area (Å²) >= 11 is 0. The van der Waals surface area contributed by atoms with Gasteiger partial charge in [-0.3, -0.25) is 0 Å². The molecule has 0 spiro atoms. The van der Waals surface area contributed by atoms with Crippen LogP contribution in [-0.4, -0.2) is 13.3 Å². The van der Waals surface area contributed by atoms with Crippen molar-refractivity contribution in [1.82, 2.24) is 5.32 Å². The van der Waals surface area contributed by atoms with Crippen LogP contribution in [0, 0.1) is 0 Å². The van der Waals surface area contributed by atoms with Crippen LogP contribution in [0.25, 0.3) is 0 Å². The van der Waals surface area contributed by atoms with Gasteiger partial charge in [0.15, 0.2) is 0 Å². The van der Waals surface area contributed by atoms with Crippen LogP contribution >= 0.6 is 0 Å². The first-order valence-electron chi connectivity index (χ1n) is 3.70. The van der Waals surface area contributed by atoms with Crippen LogP contribution in [0.15, 0.2) is 24.4 Å². The Hall–Kier alpha value is -1.05. The number of aldehydes is 1. The van der Waals surface area contributed by atoms with Gasteiger partial charge in [-0.2, -0.15) is 0 Å². The highest BCUT2D eigenvalue weighted by atomic mass is 16.1. The number of nitrogens with one attached hydrogen (secondary N) is 1. The Morgan fingerprint density at radius 1 is 1.45 bits per heavy atom. The molecule has 0 aliphatic heterocycles. The molecule has 2 heteroatoms. The van der Waals surface area contributed by atoms with E-state index in [1.165, 1.54) is 0 Å². The van der Waals surface area contributed by atoms with Crippen molar-refractivity contribution in [2.75, 3.05) is 7.05 Å². The van der Waals surface area contributed by atoms with E-state index < -0.39 is 0 Å². The summed E-state index contributed by atoms with van der Waals surface area (Å²) in [6.45, 7) is 11.2. The Kier molecular flexibility index (Phi) is 10.3. The molecule has 0 aromatic heterocycles. The molecule has 0 rings (SSSR count). The molecular formula is C9H17NO. The number of likely N-dealkylation sites (N-methyl/N-ethyl adjacent to an activating group) is 1. The topological polar surface area (TPSA) is 29.1 Å². The van der Waals surface area contributed by atoms with Gasteiger partial charge in [-0.25, -0.2) is 0 Å². The quantitative estimate of drug-likeness (QED) is 0.496. The minimum atomic E-state index is 0.361. The van der Waals surface area contributed by atoms with Crippen LogP contribution in [-0.2, 0) is 4.79 Å². The molecule has 0 aromatic rings. The first-order valence-corrected chi connectivity index (χ1v) is 3.70. The Morgan fingerprint density at radius 3 is 2.18 bits per heavy atom.